The molecule has 28 heavy (non-hydrogen) atoms. The van der Waals surface area contributed by atoms with Crippen LogP contribution >= 0.6 is 11.6 Å². The number of rotatable bonds is 7. The Morgan fingerprint density at radius 1 is 1.14 bits per heavy atom. The van der Waals surface area contributed by atoms with Crippen molar-refractivity contribution < 1.29 is 19.1 Å². The number of ether oxygens (including phenoxy) is 2. The number of amides is 2. The number of nitrogens with one attached hydrogen (secondary N) is 1. The normalized spacial score (nSPS) is 16.2. The molecule has 2 amide bonds. The second-order valence-corrected chi connectivity index (χ2v) is 6.97. The fraction of sp³-hybridized carbons (Fsp3) is 0.333. The van der Waals surface area contributed by atoms with Crippen LogP contribution in [0.15, 0.2) is 42.5 Å². The minimum Gasteiger partial charge on any atom is -0.493 e. The van der Waals surface area contributed by atoms with E-state index in [1.807, 2.05) is 18.2 Å². The maximum Gasteiger partial charge on any atom is 0.239 e. The highest BCUT2D eigenvalue weighted by Gasteiger charge is 2.37. The molecule has 1 atom stereocenters. The Hall–Kier alpha value is -2.73. The first-order valence-electron chi connectivity index (χ1n) is 9.09. The summed E-state index contributed by atoms with van der Waals surface area (Å²) in [7, 11) is 3.17. The van der Waals surface area contributed by atoms with E-state index in [1.54, 1.807) is 43.4 Å². The van der Waals surface area contributed by atoms with E-state index in [9.17, 15) is 9.59 Å². The Morgan fingerprint density at radius 3 is 2.54 bits per heavy atom. The highest BCUT2D eigenvalue weighted by Crippen LogP contribution is 2.28. The molecule has 0 spiro atoms. The Labute approximate surface area is 169 Å². The monoisotopic (exact) mass is 402 g/mol. The standard InChI is InChI=1S/C21H23ClN2O4/c1-27-18-8-3-14(13-19(18)28-2)9-11-23-20(25)17-10-12-24(21(17)26)16-6-4-15(22)5-7-16/h3-8,13,17H,9-12H2,1-2H3,(H,23,25)/t17-/m0/s1. The summed E-state index contributed by atoms with van der Waals surface area (Å²) < 4.78 is 10.5. The molecule has 2 aromatic rings. The van der Waals surface area contributed by atoms with Crippen LogP contribution in [0, 0.1) is 5.92 Å². The Bertz CT molecular complexity index is 854. The third-order valence-electron chi connectivity index (χ3n) is 4.82. The Kier molecular flexibility index (Phi) is 6.41. The largest absolute Gasteiger partial charge is 0.493 e. The molecule has 1 heterocycles. The third kappa shape index (κ3) is 4.39. The summed E-state index contributed by atoms with van der Waals surface area (Å²) >= 11 is 5.90. The van der Waals surface area contributed by atoms with Crippen molar-refractivity contribution in [2.24, 2.45) is 5.92 Å². The minimum atomic E-state index is -0.652. The molecule has 0 aliphatic carbocycles. The second kappa shape index (κ2) is 8.97. The van der Waals surface area contributed by atoms with E-state index in [0.717, 1.165) is 11.3 Å². The van der Waals surface area contributed by atoms with Crippen molar-refractivity contribution in [3.63, 3.8) is 0 Å². The van der Waals surface area contributed by atoms with Gasteiger partial charge < -0.3 is 19.7 Å². The quantitative estimate of drug-likeness (QED) is 0.723. The molecule has 0 saturated carbocycles. The van der Waals surface area contributed by atoms with Gasteiger partial charge in [0, 0.05) is 23.8 Å². The minimum absolute atomic E-state index is 0.175. The Morgan fingerprint density at radius 2 is 1.86 bits per heavy atom. The first-order chi connectivity index (χ1) is 13.5. The van der Waals surface area contributed by atoms with E-state index >= 15 is 0 Å². The lowest BCUT2D eigenvalue weighted by Gasteiger charge is -2.17. The maximum atomic E-state index is 12.6. The molecule has 1 aliphatic heterocycles. The van der Waals surface area contributed by atoms with E-state index in [2.05, 4.69) is 5.32 Å². The van der Waals surface area contributed by atoms with Gasteiger partial charge in [-0.3, -0.25) is 9.59 Å². The van der Waals surface area contributed by atoms with E-state index < -0.39 is 5.92 Å². The van der Waals surface area contributed by atoms with Crippen LogP contribution in [0.2, 0.25) is 5.02 Å². The lowest BCUT2D eigenvalue weighted by Crippen LogP contribution is -2.37. The van der Waals surface area contributed by atoms with Crippen molar-refractivity contribution in [2.45, 2.75) is 12.8 Å². The molecule has 1 fully saturated rings. The number of carbonyl (C=O) groups excluding carboxylic acids is 2. The van der Waals surface area contributed by atoms with Crippen LogP contribution in [0.5, 0.6) is 11.5 Å². The van der Waals surface area contributed by atoms with Crippen molar-refractivity contribution in [2.75, 3.05) is 32.2 Å². The second-order valence-electron chi connectivity index (χ2n) is 6.54. The van der Waals surface area contributed by atoms with Crippen molar-refractivity contribution in [1.82, 2.24) is 5.32 Å². The average molecular weight is 403 g/mol. The molecule has 0 unspecified atom stereocenters. The van der Waals surface area contributed by atoms with Crippen LogP contribution in [0.4, 0.5) is 5.69 Å². The van der Waals surface area contributed by atoms with Gasteiger partial charge in [0.1, 0.15) is 5.92 Å². The third-order valence-corrected chi connectivity index (χ3v) is 5.07. The predicted molar refractivity (Wildman–Crippen MR) is 108 cm³/mol. The molecule has 1 aliphatic rings. The molecule has 7 heteroatoms. The molecule has 1 saturated heterocycles. The van der Waals surface area contributed by atoms with Crippen LogP contribution in [0.1, 0.15) is 12.0 Å². The summed E-state index contributed by atoms with van der Waals surface area (Å²) in [6.07, 6.45) is 1.14. The van der Waals surface area contributed by atoms with Gasteiger partial charge in [-0.05, 0) is 54.8 Å². The van der Waals surface area contributed by atoms with E-state index in [-0.39, 0.29) is 11.8 Å². The average Bonchev–Trinajstić information content (AvgIpc) is 3.09. The van der Waals surface area contributed by atoms with Gasteiger partial charge in [-0.25, -0.2) is 0 Å². The predicted octanol–water partition coefficient (Wildman–Crippen LogP) is 3.07. The van der Waals surface area contributed by atoms with E-state index in [4.69, 9.17) is 21.1 Å². The van der Waals surface area contributed by atoms with Crippen LogP contribution in [0.25, 0.3) is 0 Å². The van der Waals surface area contributed by atoms with E-state index in [1.165, 1.54) is 0 Å². The fourth-order valence-corrected chi connectivity index (χ4v) is 3.42. The molecular weight excluding hydrogens is 380 g/mol. The lowest BCUT2D eigenvalue weighted by atomic mass is 10.1. The summed E-state index contributed by atoms with van der Waals surface area (Å²) in [5, 5.41) is 3.48. The topological polar surface area (TPSA) is 67.9 Å². The molecule has 0 radical (unpaired) electrons. The van der Waals surface area contributed by atoms with Gasteiger partial charge in [0.15, 0.2) is 11.5 Å². The molecule has 0 bridgehead atoms. The zero-order chi connectivity index (χ0) is 20.1. The van der Waals surface area contributed by atoms with Gasteiger partial charge in [0.05, 0.1) is 14.2 Å². The van der Waals surface area contributed by atoms with Gasteiger partial charge in [0.25, 0.3) is 0 Å². The van der Waals surface area contributed by atoms with Crippen molar-refractivity contribution in [1.29, 1.82) is 0 Å². The summed E-state index contributed by atoms with van der Waals surface area (Å²) in [6.45, 7) is 0.966. The van der Waals surface area contributed by atoms with Gasteiger partial charge in [-0.15, -0.1) is 0 Å². The Balaban J connectivity index is 1.54. The van der Waals surface area contributed by atoms with Crippen LogP contribution in [-0.4, -0.2) is 39.1 Å². The van der Waals surface area contributed by atoms with Crippen molar-refractivity contribution >= 4 is 29.1 Å². The number of nitrogens with zero attached hydrogens (tertiary/aromatic N) is 1. The summed E-state index contributed by atoms with van der Waals surface area (Å²) in [5.41, 5.74) is 1.77. The molecule has 3 rings (SSSR count). The van der Waals surface area contributed by atoms with Crippen molar-refractivity contribution in [3.8, 4) is 11.5 Å². The molecule has 1 N–H and O–H groups in total. The summed E-state index contributed by atoms with van der Waals surface area (Å²) in [6, 6.07) is 12.7. The molecule has 2 aromatic carbocycles. The zero-order valence-corrected chi connectivity index (χ0v) is 16.7. The highest BCUT2D eigenvalue weighted by molar-refractivity contribution is 6.30. The molecular formula is C21H23ClN2O4. The number of anilines is 1. The number of benzene rings is 2. The van der Waals surface area contributed by atoms with Gasteiger partial charge in [0.2, 0.25) is 11.8 Å². The van der Waals surface area contributed by atoms with Crippen LogP contribution in [-0.2, 0) is 16.0 Å². The number of hydrogen-bond acceptors (Lipinski definition) is 4. The van der Waals surface area contributed by atoms with Gasteiger partial charge in [-0.2, -0.15) is 0 Å². The van der Waals surface area contributed by atoms with Crippen LogP contribution < -0.4 is 19.7 Å². The highest BCUT2D eigenvalue weighted by atomic mass is 35.5. The maximum absolute atomic E-state index is 12.6. The zero-order valence-electron chi connectivity index (χ0n) is 15.9. The van der Waals surface area contributed by atoms with Gasteiger partial charge >= 0.3 is 0 Å². The van der Waals surface area contributed by atoms with Gasteiger partial charge in [-0.1, -0.05) is 17.7 Å². The number of methoxy groups -OCH3 is 2. The summed E-state index contributed by atoms with van der Waals surface area (Å²) in [5.74, 6) is 0.249. The molecule has 0 aromatic heterocycles. The fourth-order valence-electron chi connectivity index (χ4n) is 3.29. The lowest BCUT2D eigenvalue weighted by molar-refractivity contribution is -0.132. The smallest absolute Gasteiger partial charge is 0.239 e. The molecule has 6 nitrogen and oxygen atoms in total. The number of carbonyl (C=O) groups is 2. The first-order valence-corrected chi connectivity index (χ1v) is 9.47. The van der Waals surface area contributed by atoms with Crippen molar-refractivity contribution in [3.05, 3.63) is 53.1 Å². The SMILES string of the molecule is COc1ccc(CCNC(=O)[C@@H]2CCN(c3ccc(Cl)cc3)C2=O)cc1OC. The van der Waals surface area contributed by atoms with E-state index in [0.29, 0.717) is 42.5 Å². The molecule has 148 valence electrons. The number of hydrogen-bond donors (Lipinski definition) is 1. The number of halogens is 1. The van der Waals surface area contributed by atoms with Crippen LogP contribution in [0.3, 0.4) is 0 Å². The first kappa shape index (κ1) is 20.0. The summed E-state index contributed by atoms with van der Waals surface area (Å²) in [4.78, 5) is 26.7.